The van der Waals surface area contributed by atoms with Gasteiger partial charge in [0, 0.05) is 25.6 Å². The molecule has 5 nitrogen and oxygen atoms in total. The number of carbonyl (C=O) groups excluding carboxylic acids is 1. The van der Waals surface area contributed by atoms with Crippen LogP contribution in [-0.4, -0.2) is 22.9 Å². The molecule has 2 aromatic heterocycles. The van der Waals surface area contributed by atoms with Gasteiger partial charge in [-0.15, -0.1) is 0 Å². The monoisotopic (exact) mass is 284 g/mol. The smallest absolute Gasteiger partial charge is 0.254 e. The van der Waals surface area contributed by atoms with Gasteiger partial charge >= 0.3 is 0 Å². The molecule has 0 bridgehead atoms. The molecule has 21 heavy (non-hydrogen) atoms. The van der Waals surface area contributed by atoms with Gasteiger partial charge in [0.15, 0.2) is 0 Å². The van der Waals surface area contributed by atoms with E-state index in [1.807, 2.05) is 18.3 Å². The van der Waals surface area contributed by atoms with E-state index in [1.54, 1.807) is 31.6 Å². The molecule has 0 aromatic carbocycles. The molecule has 1 atom stereocenters. The molecular formula is C16H20N4O. The topological polar surface area (TPSA) is 66.9 Å². The lowest BCUT2D eigenvalue weighted by atomic mass is 9.97. The van der Waals surface area contributed by atoms with Crippen molar-refractivity contribution in [1.82, 2.24) is 15.3 Å². The summed E-state index contributed by atoms with van der Waals surface area (Å²) in [4.78, 5) is 20.4. The van der Waals surface area contributed by atoms with E-state index in [9.17, 15) is 4.79 Å². The van der Waals surface area contributed by atoms with Crippen molar-refractivity contribution >= 4 is 11.7 Å². The number of aromatic nitrogens is 2. The Hall–Kier alpha value is -2.43. The average Bonchev–Trinajstić information content (AvgIpc) is 2.52. The summed E-state index contributed by atoms with van der Waals surface area (Å²) in [5, 5.41) is 6.00. The maximum atomic E-state index is 11.9. The number of hydrogen-bond donors (Lipinski definition) is 2. The number of hydrogen-bond acceptors (Lipinski definition) is 4. The molecule has 1 unspecified atom stereocenters. The maximum Gasteiger partial charge on any atom is 0.254 e. The minimum absolute atomic E-state index is 0.0389. The van der Waals surface area contributed by atoms with E-state index in [0.717, 1.165) is 5.56 Å². The van der Waals surface area contributed by atoms with Crippen LogP contribution in [0.1, 0.15) is 35.8 Å². The van der Waals surface area contributed by atoms with Gasteiger partial charge in [-0.3, -0.25) is 9.78 Å². The number of rotatable bonds is 5. The number of nitrogens with zero attached hydrogens (tertiary/aromatic N) is 2. The van der Waals surface area contributed by atoms with Crippen LogP contribution in [0, 0.1) is 5.92 Å². The van der Waals surface area contributed by atoms with Crippen LogP contribution in [0.15, 0.2) is 42.9 Å². The van der Waals surface area contributed by atoms with E-state index in [4.69, 9.17) is 0 Å². The van der Waals surface area contributed by atoms with Crippen LogP contribution in [0.5, 0.6) is 0 Å². The molecule has 2 rings (SSSR count). The quantitative estimate of drug-likeness (QED) is 0.885. The second-order valence-corrected chi connectivity index (χ2v) is 5.13. The van der Waals surface area contributed by atoms with E-state index in [1.165, 1.54) is 0 Å². The first-order valence-electron chi connectivity index (χ1n) is 6.97. The van der Waals surface area contributed by atoms with Crippen molar-refractivity contribution in [2.75, 3.05) is 12.4 Å². The van der Waals surface area contributed by atoms with Crippen LogP contribution in [0.2, 0.25) is 0 Å². The zero-order chi connectivity index (χ0) is 15.2. The normalized spacial score (nSPS) is 12.0. The molecule has 0 saturated carbocycles. The summed E-state index contributed by atoms with van der Waals surface area (Å²) in [5.74, 6) is 0.757. The summed E-state index contributed by atoms with van der Waals surface area (Å²) < 4.78 is 0. The highest BCUT2D eigenvalue weighted by Crippen LogP contribution is 2.26. The Kier molecular flexibility index (Phi) is 4.87. The Morgan fingerprint density at radius 3 is 2.57 bits per heavy atom. The Morgan fingerprint density at radius 2 is 1.95 bits per heavy atom. The van der Waals surface area contributed by atoms with Gasteiger partial charge in [-0.25, -0.2) is 4.98 Å². The third-order valence-electron chi connectivity index (χ3n) is 3.28. The molecule has 0 spiro atoms. The Labute approximate surface area is 124 Å². The molecule has 0 aliphatic carbocycles. The molecule has 0 fully saturated rings. The van der Waals surface area contributed by atoms with Crippen molar-refractivity contribution in [2.45, 2.75) is 19.9 Å². The molecule has 5 heteroatoms. The Bertz CT molecular complexity index is 598. The van der Waals surface area contributed by atoms with Gasteiger partial charge in [-0.05, 0) is 29.7 Å². The van der Waals surface area contributed by atoms with Crippen molar-refractivity contribution in [1.29, 1.82) is 0 Å². The second-order valence-electron chi connectivity index (χ2n) is 5.13. The van der Waals surface area contributed by atoms with Gasteiger partial charge in [0.25, 0.3) is 5.91 Å². The lowest BCUT2D eigenvalue weighted by molar-refractivity contribution is 0.0963. The van der Waals surface area contributed by atoms with E-state index < -0.39 is 0 Å². The van der Waals surface area contributed by atoms with Gasteiger partial charge < -0.3 is 10.6 Å². The summed E-state index contributed by atoms with van der Waals surface area (Å²) in [5.41, 5.74) is 1.61. The first-order chi connectivity index (χ1) is 10.1. The molecule has 110 valence electrons. The van der Waals surface area contributed by atoms with Crippen molar-refractivity contribution in [3.8, 4) is 0 Å². The highest BCUT2D eigenvalue weighted by Gasteiger charge is 2.19. The molecule has 2 N–H and O–H groups in total. The first kappa shape index (κ1) is 15.0. The van der Waals surface area contributed by atoms with Gasteiger partial charge in [0.2, 0.25) is 0 Å². The van der Waals surface area contributed by atoms with Crippen LogP contribution >= 0.6 is 0 Å². The largest absolute Gasteiger partial charge is 0.362 e. The Morgan fingerprint density at radius 1 is 1.19 bits per heavy atom. The summed E-state index contributed by atoms with van der Waals surface area (Å²) in [6.07, 6.45) is 5.26. The molecule has 0 aliphatic rings. The van der Waals surface area contributed by atoms with E-state index >= 15 is 0 Å². The zero-order valence-corrected chi connectivity index (χ0v) is 12.5. The molecule has 0 aliphatic heterocycles. The molecule has 0 saturated heterocycles. The molecule has 1 amide bonds. The highest BCUT2D eigenvalue weighted by molar-refractivity contribution is 5.98. The third-order valence-corrected chi connectivity index (χ3v) is 3.28. The van der Waals surface area contributed by atoms with Crippen LogP contribution in [0.25, 0.3) is 0 Å². The fraction of sp³-hybridized carbons (Fsp3) is 0.312. The van der Waals surface area contributed by atoms with E-state index in [2.05, 4.69) is 34.4 Å². The molecule has 2 aromatic rings. The van der Waals surface area contributed by atoms with E-state index in [0.29, 0.717) is 17.3 Å². The van der Waals surface area contributed by atoms with Crippen LogP contribution in [-0.2, 0) is 0 Å². The molecular weight excluding hydrogens is 264 g/mol. The number of amides is 1. The van der Waals surface area contributed by atoms with Crippen molar-refractivity contribution in [3.63, 3.8) is 0 Å². The number of nitrogens with one attached hydrogen (secondary N) is 2. The molecule has 0 radical (unpaired) electrons. The predicted octanol–water partition coefficient (Wildman–Crippen LogP) is 2.65. The molecule has 2 heterocycles. The number of anilines is 1. The number of carbonyl (C=O) groups is 1. The van der Waals surface area contributed by atoms with Gasteiger partial charge in [0.05, 0.1) is 11.6 Å². The fourth-order valence-corrected chi connectivity index (χ4v) is 2.18. The van der Waals surface area contributed by atoms with Gasteiger partial charge in [-0.1, -0.05) is 19.9 Å². The summed E-state index contributed by atoms with van der Waals surface area (Å²) in [6, 6.07) is 7.48. The predicted molar refractivity (Wildman–Crippen MR) is 83.1 cm³/mol. The van der Waals surface area contributed by atoms with Crippen molar-refractivity contribution < 1.29 is 4.79 Å². The van der Waals surface area contributed by atoms with Crippen molar-refractivity contribution in [3.05, 3.63) is 54.0 Å². The average molecular weight is 284 g/mol. The third kappa shape index (κ3) is 3.56. The second kappa shape index (κ2) is 6.83. The lowest BCUT2D eigenvalue weighted by Crippen LogP contribution is -2.23. The fourth-order valence-electron chi connectivity index (χ4n) is 2.18. The summed E-state index contributed by atoms with van der Waals surface area (Å²) in [6.45, 7) is 4.24. The van der Waals surface area contributed by atoms with Crippen LogP contribution in [0.4, 0.5) is 5.82 Å². The maximum absolute atomic E-state index is 11.9. The standard InChI is InChI=1S/C16H20N4O/c1-11(2)14(12-6-4-8-18-10-12)20-15-13(16(21)17-3)7-5-9-19-15/h4-11,14H,1-3H3,(H,17,21)(H,19,20). The summed E-state index contributed by atoms with van der Waals surface area (Å²) in [7, 11) is 1.61. The highest BCUT2D eigenvalue weighted by atomic mass is 16.1. The van der Waals surface area contributed by atoms with Crippen LogP contribution < -0.4 is 10.6 Å². The lowest BCUT2D eigenvalue weighted by Gasteiger charge is -2.24. The van der Waals surface area contributed by atoms with Crippen molar-refractivity contribution in [2.24, 2.45) is 5.92 Å². The summed E-state index contributed by atoms with van der Waals surface area (Å²) >= 11 is 0. The Balaban J connectivity index is 2.32. The zero-order valence-electron chi connectivity index (χ0n) is 12.5. The van der Waals surface area contributed by atoms with Crippen LogP contribution in [0.3, 0.4) is 0 Å². The SMILES string of the molecule is CNC(=O)c1cccnc1NC(c1cccnc1)C(C)C. The minimum Gasteiger partial charge on any atom is -0.362 e. The minimum atomic E-state index is -0.153. The first-order valence-corrected chi connectivity index (χ1v) is 6.97. The van der Waals surface area contributed by atoms with E-state index in [-0.39, 0.29) is 11.9 Å². The number of pyridine rings is 2. The van der Waals surface area contributed by atoms with Gasteiger partial charge in [0.1, 0.15) is 5.82 Å². The van der Waals surface area contributed by atoms with Gasteiger partial charge in [-0.2, -0.15) is 0 Å².